The lowest BCUT2D eigenvalue weighted by Crippen LogP contribution is -1.94. The van der Waals surface area contributed by atoms with Gasteiger partial charge in [0.1, 0.15) is 0 Å². The van der Waals surface area contributed by atoms with E-state index in [1.165, 1.54) is 5.56 Å². The van der Waals surface area contributed by atoms with Crippen LogP contribution in [0.5, 0.6) is 0 Å². The number of benzene rings is 1. The average Bonchev–Trinajstić information content (AvgIpc) is 2.59. The molecule has 1 heterocycles. The summed E-state index contributed by atoms with van der Waals surface area (Å²) in [5, 5.41) is 0. The molecular weight excluding hydrogens is 146 g/mol. The first-order valence-corrected chi connectivity index (χ1v) is 4.01. The first kappa shape index (κ1) is 7.17. The minimum absolute atomic E-state index is 0.935. The Morgan fingerprint density at radius 1 is 1.17 bits per heavy atom. The van der Waals surface area contributed by atoms with E-state index >= 15 is 0 Å². The highest BCUT2D eigenvalue weighted by atomic mass is 14.9. The molecule has 0 saturated carbocycles. The second kappa shape index (κ2) is 3.26. The normalized spacial score (nSPS) is 10.0. The molecule has 0 unspecified atom stereocenters. The molecule has 1 heteroatoms. The summed E-state index contributed by atoms with van der Waals surface area (Å²) in [6, 6.07) is 15.3. The van der Waals surface area contributed by atoms with E-state index in [1.54, 1.807) is 0 Å². The molecule has 0 atom stereocenters. The lowest BCUT2D eigenvalue weighted by atomic mass is 10.2. The molecule has 0 bridgehead atoms. The van der Waals surface area contributed by atoms with Crippen molar-refractivity contribution in [3.05, 3.63) is 60.4 Å². The molecule has 12 heavy (non-hydrogen) atoms. The third kappa shape index (κ3) is 1.56. The monoisotopic (exact) mass is 156 g/mol. The molecule has 59 valence electrons. The summed E-state index contributed by atoms with van der Waals surface area (Å²) in [4.78, 5) is 0. The van der Waals surface area contributed by atoms with Crippen molar-refractivity contribution < 1.29 is 0 Å². The Bertz CT molecular complexity index is 321. The molecule has 1 aromatic heterocycles. The molecule has 0 aliphatic heterocycles. The van der Waals surface area contributed by atoms with Crippen molar-refractivity contribution in [2.75, 3.05) is 0 Å². The van der Waals surface area contributed by atoms with Gasteiger partial charge in [0.15, 0.2) is 0 Å². The Morgan fingerprint density at radius 2 is 2.00 bits per heavy atom. The van der Waals surface area contributed by atoms with Gasteiger partial charge in [-0.1, -0.05) is 30.3 Å². The van der Waals surface area contributed by atoms with Crippen molar-refractivity contribution in [3.8, 4) is 0 Å². The molecule has 0 fully saturated rings. The van der Waals surface area contributed by atoms with Gasteiger partial charge in [0.25, 0.3) is 0 Å². The zero-order chi connectivity index (χ0) is 8.23. The van der Waals surface area contributed by atoms with E-state index < -0.39 is 0 Å². The van der Waals surface area contributed by atoms with Crippen LogP contribution >= 0.6 is 0 Å². The Labute approximate surface area is 72.3 Å². The van der Waals surface area contributed by atoms with Crippen LogP contribution in [0.2, 0.25) is 0 Å². The summed E-state index contributed by atoms with van der Waals surface area (Å²) >= 11 is 0. The van der Waals surface area contributed by atoms with Crippen LogP contribution in [0.4, 0.5) is 0 Å². The number of rotatable bonds is 2. The van der Waals surface area contributed by atoms with Crippen molar-refractivity contribution in [2.45, 2.75) is 6.54 Å². The fraction of sp³-hybridized carbons (Fsp3) is 0.0909. The van der Waals surface area contributed by atoms with Gasteiger partial charge in [-0.3, -0.25) is 0 Å². The van der Waals surface area contributed by atoms with Crippen molar-refractivity contribution in [3.63, 3.8) is 0 Å². The third-order valence-electron chi connectivity index (χ3n) is 1.81. The van der Waals surface area contributed by atoms with Crippen LogP contribution in [0.25, 0.3) is 0 Å². The van der Waals surface area contributed by atoms with Crippen molar-refractivity contribution in [1.29, 1.82) is 0 Å². The zero-order valence-corrected chi connectivity index (χ0v) is 6.77. The van der Waals surface area contributed by atoms with Gasteiger partial charge in [-0.15, -0.1) is 0 Å². The van der Waals surface area contributed by atoms with Gasteiger partial charge >= 0.3 is 0 Å². The maximum absolute atomic E-state index is 3.01. The molecule has 2 aromatic rings. The second-order valence-electron chi connectivity index (χ2n) is 2.77. The summed E-state index contributed by atoms with van der Waals surface area (Å²) in [5.41, 5.74) is 1.32. The van der Waals surface area contributed by atoms with Gasteiger partial charge in [-0.05, 0) is 11.6 Å². The largest absolute Gasteiger partial charge is 0.349 e. The Hall–Kier alpha value is -1.50. The summed E-state index contributed by atoms with van der Waals surface area (Å²) in [5.74, 6) is 0. The van der Waals surface area contributed by atoms with Crippen LogP contribution in [0.1, 0.15) is 5.56 Å². The number of aromatic nitrogens is 1. The standard InChI is InChI=1S/C11H10N/c1-2-6-11(7-3-1)10-12-8-4-5-9-12/h1-4,6-9H,10H2. The molecule has 1 nitrogen and oxygen atoms in total. The van der Waals surface area contributed by atoms with E-state index in [2.05, 4.69) is 34.9 Å². The first-order valence-electron chi connectivity index (χ1n) is 4.01. The lowest BCUT2D eigenvalue weighted by Gasteiger charge is -2.01. The quantitative estimate of drug-likeness (QED) is 0.629. The van der Waals surface area contributed by atoms with Gasteiger partial charge in [0.05, 0.1) is 0 Å². The number of hydrogen-bond donors (Lipinski definition) is 0. The van der Waals surface area contributed by atoms with E-state index in [4.69, 9.17) is 0 Å². The SMILES string of the molecule is [c]1ccn(Cc2ccccc2)c1. The van der Waals surface area contributed by atoms with E-state index in [0.29, 0.717) is 0 Å². The van der Waals surface area contributed by atoms with Crippen LogP contribution in [0, 0.1) is 6.07 Å². The van der Waals surface area contributed by atoms with Gasteiger partial charge < -0.3 is 4.57 Å². The molecule has 2 rings (SSSR count). The fourth-order valence-corrected chi connectivity index (χ4v) is 1.21. The summed E-state index contributed by atoms with van der Waals surface area (Å²) < 4.78 is 2.11. The van der Waals surface area contributed by atoms with Gasteiger partial charge in [-0.25, -0.2) is 0 Å². The number of hydrogen-bond acceptors (Lipinski definition) is 0. The van der Waals surface area contributed by atoms with Gasteiger partial charge in [0, 0.05) is 25.0 Å². The Morgan fingerprint density at radius 3 is 2.67 bits per heavy atom. The predicted octanol–water partition coefficient (Wildman–Crippen LogP) is 2.34. The van der Waals surface area contributed by atoms with Crippen molar-refractivity contribution >= 4 is 0 Å². The van der Waals surface area contributed by atoms with Crippen LogP contribution < -0.4 is 0 Å². The summed E-state index contributed by atoms with van der Waals surface area (Å²) in [7, 11) is 0. The Kier molecular flexibility index (Phi) is 1.95. The first-order chi connectivity index (χ1) is 5.95. The highest BCUT2D eigenvalue weighted by Crippen LogP contribution is 2.01. The van der Waals surface area contributed by atoms with E-state index in [1.807, 2.05) is 24.5 Å². The topological polar surface area (TPSA) is 4.93 Å². The van der Waals surface area contributed by atoms with E-state index in [0.717, 1.165) is 6.54 Å². The van der Waals surface area contributed by atoms with Crippen LogP contribution in [-0.4, -0.2) is 4.57 Å². The highest BCUT2D eigenvalue weighted by Gasteiger charge is 1.90. The molecule has 0 aliphatic carbocycles. The fourth-order valence-electron chi connectivity index (χ4n) is 1.21. The Balaban J connectivity index is 2.15. The smallest absolute Gasteiger partial charge is 0.0470 e. The van der Waals surface area contributed by atoms with Crippen LogP contribution in [0.3, 0.4) is 0 Å². The molecule has 0 saturated heterocycles. The van der Waals surface area contributed by atoms with Crippen LogP contribution in [-0.2, 0) is 6.54 Å². The minimum atomic E-state index is 0.935. The van der Waals surface area contributed by atoms with Crippen molar-refractivity contribution in [1.82, 2.24) is 4.57 Å². The molecule has 0 N–H and O–H groups in total. The van der Waals surface area contributed by atoms with E-state index in [9.17, 15) is 0 Å². The molecule has 0 amide bonds. The molecule has 1 radical (unpaired) electrons. The van der Waals surface area contributed by atoms with Crippen LogP contribution in [0.15, 0.2) is 48.8 Å². The minimum Gasteiger partial charge on any atom is -0.349 e. The molecule has 0 spiro atoms. The lowest BCUT2D eigenvalue weighted by molar-refractivity contribution is 0.806. The predicted molar refractivity (Wildman–Crippen MR) is 48.8 cm³/mol. The second-order valence-corrected chi connectivity index (χ2v) is 2.77. The molecule has 1 aromatic carbocycles. The van der Waals surface area contributed by atoms with Crippen molar-refractivity contribution in [2.24, 2.45) is 0 Å². The molecular formula is C11H10N. The summed E-state index contributed by atoms with van der Waals surface area (Å²) in [6.45, 7) is 0.935. The maximum Gasteiger partial charge on any atom is 0.0470 e. The number of nitrogens with zero attached hydrogens (tertiary/aromatic N) is 1. The highest BCUT2D eigenvalue weighted by molar-refractivity contribution is 5.15. The third-order valence-corrected chi connectivity index (χ3v) is 1.81. The van der Waals surface area contributed by atoms with Gasteiger partial charge in [-0.2, -0.15) is 0 Å². The summed E-state index contributed by atoms with van der Waals surface area (Å²) in [6.07, 6.45) is 3.97. The van der Waals surface area contributed by atoms with E-state index in [-0.39, 0.29) is 0 Å². The van der Waals surface area contributed by atoms with Gasteiger partial charge in [0.2, 0.25) is 0 Å². The molecule has 0 aliphatic rings. The maximum atomic E-state index is 3.01. The average molecular weight is 156 g/mol. The zero-order valence-electron chi connectivity index (χ0n) is 6.77.